The monoisotopic (exact) mass is 525 g/mol. The molecule has 0 bridgehead atoms. The summed E-state index contributed by atoms with van der Waals surface area (Å²) < 4.78 is 26.9. The molecule has 0 spiro atoms. The molecule has 0 aliphatic rings. The Bertz CT molecular complexity index is 1730. The number of H-pyrrole nitrogens is 1. The predicted octanol–water partition coefficient (Wildman–Crippen LogP) is 4.25. The topological polar surface area (TPSA) is 158 Å². The molecule has 0 saturated heterocycles. The fourth-order valence-electron chi connectivity index (χ4n) is 4.06. The average Bonchev–Trinajstić information content (AvgIpc) is 3.39. The normalized spacial score (nSPS) is 11.6. The molecule has 12 heteroatoms. The molecular weight excluding hydrogens is 504 g/mol. The van der Waals surface area contributed by atoms with Crippen LogP contribution in [-0.4, -0.2) is 30.8 Å². The van der Waals surface area contributed by atoms with Crippen molar-refractivity contribution in [1.82, 2.24) is 30.2 Å². The number of halogens is 2. The first-order valence-electron chi connectivity index (χ1n) is 11.8. The number of nitrogens with zero attached hydrogens (tertiary/aromatic N) is 5. The molecule has 5 N–H and O–H groups in total. The molecule has 39 heavy (non-hydrogen) atoms. The third-order valence-corrected chi connectivity index (χ3v) is 6.12. The van der Waals surface area contributed by atoms with Crippen LogP contribution in [0.5, 0.6) is 0 Å². The van der Waals surface area contributed by atoms with Crippen LogP contribution in [0.4, 0.5) is 20.4 Å². The predicted molar refractivity (Wildman–Crippen MR) is 140 cm³/mol. The summed E-state index contributed by atoms with van der Waals surface area (Å²) >= 11 is 0. The smallest absolute Gasteiger partial charge is 0.274 e. The minimum Gasteiger partial charge on any atom is -0.383 e. The Hall–Kier alpha value is -5.44. The van der Waals surface area contributed by atoms with Crippen LogP contribution in [0, 0.1) is 23.0 Å². The highest BCUT2D eigenvalue weighted by molar-refractivity contribution is 6.00. The number of aromatic nitrogens is 5. The van der Waals surface area contributed by atoms with Gasteiger partial charge in [0, 0.05) is 18.3 Å². The molecular formula is C27H21F2N9O. The van der Waals surface area contributed by atoms with Gasteiger partial charge in [0.25, 0.3) is 5.91 Å². The molecule has 0 radical (unpaired) electrons. The maximum atomic E-state index is 13.6. The summed E-state index contributed by atoms with van der Waals surface area (Å²) in [6.45, 7) is 1.92. The van der Waals surface area contributed by atoms with Crippen LogP contribution in [0.3, 0.4) is 0 Å². The number of aromatic amines is 1. The summed E-state index contributed by atoms with van der Waals surface area (Å²) in [7, 11) is 0. The molecule has 5 aromatic rings. The molecule has 0 aliphatic heterocycles. The Labute approximate surface area is 221 Å². The van der Waals surface area contributed by atoms with E-state index in [0.717, 1.165) is 34.2 Å². The molecule has 10 nitrogen and oxygen atoms in total. The third kappa shape index (κ3) is 5.19. The fourth-order valence-corrected chi connectivity index (χ4v) is 4.06. The van der Waals surface area contributed by atoms with Gasteiger partial charge < -0.3 is 21.4 Å². The molecule has 5 rings (SSSR count). The Balaban J connectivity index is 1.32. The number of anilines is 2. The summed E-state index contributed by atoms with van der Waals surface area (Å²) in [6.07, 6.45) is 4.47. The van der Waals surface area contributed by atoms with Crippen molar-refractivity contribution in [3.8, 4) is 17.2 Å². The molecule has 3 heterocycles. The summed E-state index contributed by atoms with van der Waals surface area (Å²) in [5.41, 5.74) is 9.57. The second-order valence-corrected chi connectivity index (χ2v) is 8.67. The van der Waals surface area contributed by atoms with E-state index in [1.807, 2.05) is 36.5 Å². The first-order valence-corrected chi connectivity index (χ1v) is 11.8. The number of rotatable bonds is 7. The number of carbonyl (C=O) groups excluding carboxylic acids is 1. The highest BCUT2D eigenvalue weighted by atomic mass is 19.2. The third-order valence-electron chi connectivity index (χ3n) is 6.12. The van der Waals surface area contributed by atoms with Crippen LogP contribution in [0.25, 0.3) is 22.2 Å². The lowest BCUT2D eigenvalue weighted by Crippen LogP contribution is -2.29. The number of nitrogen functional groups attached to an aromatic ring is 1. The number of amides is 1. The number of hydrogen-bond donors (Lipinski definition) is 4. The Kier molecular flexibility index (Phi) is 6.79. The summed E-state index contributed by atoms with van der Waals surface area (Å²) in [4.78, 5) is 32.7. The van der Waals surface area contributed by atoms with Gasteiger partial charge in [0.15, 0.2) is 28.8 Å². The van der Waals surface area contributed by atoms with E-state index in [0.29, 0.717) is 23.6 Å². The van der Waals surface area contributed by atoms with Gasteiger partial charge in [0.1, 0.15) is 23.9 Å². The first kappa shape index (κ1) is 25.2. The molecule has 194 valence electrons. The van der Waals surface area contributed by atoms with Crippen molar-refractivity contribution in [3.63, 3.8) is 0 Å². The highest BCUT2D eigenvalue weighted by Gasteiger charge is 2.20. The summed E-state index contributed by atoms with van der Waals surface area (Å²) in [5, 5.41) is 15.8. The van der Waals surface area contributed by atoms with Crippen LogP contribution < -0.4 is 16.4 Å². The minimum absolute atomic E-state index is 0.0440. The van der Waals surface area contributed by atoms with Crippen molar-refractivity contribution in [2.75, 3.05) is 11.1 Å². The molecule has 1 amide bonds. The molecule has 1 unspecified atom stereocenters. The average molecular weight is 526 g/mol. The van der Waals surface area contributed by atoms with Gasteiger partial charge in [-0.2, -0.15) is 5.26 Å². The first-order chi connectivity index (χ1) is 18.8. The Morgan fingerprint density at radius 3 is 2.67 bits per heavy atom. The van der Waals surface area contributed by atoms with Gasteiger partial charge in [0.05, 0.1) is 17.6 Å². The van der Waals surface area contributed by atoms with Crippen molar-refractivity contribution < 1.29 is 13.6 Å². The van der Waals surface area contributed by atoms with E-state index >= 15 is 0 Å². The van der Waals surface area contributed by atoms with Crippen molar-refractivity contribution in [1.29, 1.82) is 5.26 Å². The molecule has 2 aromatic carbocycles. The van der Waals surface area contributed by atoms with Crippen LogP contribution in [-0.2, 0) is 6.54 Å². The second-order valence-electron chi connectivity index (χ2n) is 8.67. The highest BCUT2D eigenvalue weighted by Crippen LogP contribution is 2.30. The lowest BCUT2D eigenvalue weighted by molar-refractivity contribution is 0.0935. The lowest BCUT2D eigenvalue weighted by atomic mass is 10.0. The number of fused-ring (bicyclic) bond motifs is 1. The Morgan fingerprint density at radius 2 is 1.92 bits per heavy atom. The van der Waals surface area contributed by atoms with Gasteiger partial charge >= 0.3 is 0 Å². The zero-order valence-electron chi connectivity index (χ0n) is 20.5. The van der Waals surface area contributed by atoms with Crippen molar-refractivity contribution >= 4 is 28.6 Å². The number of carbonyl (C=O) groups is 1. The number of nitrogens with two attached hydrogens (primary N) is 1. The number of nitriles is 1. The summed E-state index contributed by atoms with van der Waals surface area (Å²) in [5.74, 6) is -2.09. The van der Waals surface area contributed by atoms with Gasteiger partial charge in [0.2, 0.25) is 0 Å². The van der Waals surface area contributed by atoms with Crippen LogP contribution in [0.1, 0.15) is 40.3 Å². The van der Waals surface area contributed by atoms with E-state index < -0.39 is 23.6 Å². The van der Waals surface area contributed by atoms with Gasteiger partial charge in [-0.1, -0.05) is 30.3 Å². The number of nitrogens with one attached hydrogen (secondary N) is 3. The van der Waals surface area contributed by atoms with Gasteiger partial charge in [-0.05, 0) is 35.7 Å². The van der Waals surface area contributed by atoms with Crippen LogP contribution >= 0.6 is 0 Å². The zero-order valence-corrected chi connectivity index (χ0v) is 20.5. The number of hydrogen-bond acceptors (Lipinski definition) is 8. The largest absolute Gasteiger partial charge is 0.383 e. The summed E-state index contributed by atoms with van der Waals surface area (Å²) in [6, 6.07) is 12.2. The van der Waals surface area contributed by atoms with E-state index in [9.17, 15) is 18.8 Å². The quantitative estimate of drug-likeness (QED) is 0.245. The maximum absolute atomic E-state index is 13.6. The Morgan fingerprint density at radius 1 is 1.13 bits per heavy atom. The van der Waals surface area contributed by atoms with E-state index in [1.54, 1.807) is 6.92 Å². The molecule has 0 aliphatic carbocycles. The van der Waals surface area contributed by atoms with E-state index in [2.05, 4.69) is 35.6 Å². The number of benzene rings is 2. The fraction of sp³-hybridized carbons (Fsp3) is 0.111. The van der Waals surface area contributed by atoms with Crippen molar-refractivity contribution in [3.05, 3.63) is 95.3 Å². The lowest BCUT2D eigenvalue weighted by Gasteiger charge is -2.16. The molecule has 3 aromatic heterocycles. The van der Waals surface area contributed by atoms with Gasteiger partial charge in [-0.25, -0.2) is 28.7 Å². The minimum atomic E-state index is -1.02. The van der Waals surface area contributed by atoms with E-state index in [-0.39, 0.29) is 17.2 Å². The molecule has 0 saturated carbocycles. The van der Waals surface area contributed by atoms with Crippen molar-refractivity contribution in [2.24, 2.45) is 0 Å². The van der Waals surface area contributed by atoms with Gasteiger partial charge in [-0.3, -0.25) is 4.79 Å². The van der Waals surface area contributed by atoms with E-state index in [1.165, 1.54) is 18.6 Å². The maximum Gasteiger partial charge on any atom is 0.274 e. The molecule has 1 atom stereocenters. The molecule has 0 fully saturated rings. The zero-order chi connectivity index (χ0) is 27.5. The van der Waals surface area contributed by atoms with Crippen LogP contribution in [0.15, 0.2) is 61.2 Å². The van der Waals surface area contributed by atoms with Gasteiger partial charge in [-0.15, -0.1) is 0 Å². The standard InChI is InChI=1S/C27H21F2N9O/c1-14(17-6-7-20(28)21(29)8-17)37-27(39)23-26(33-11-18(9-30)38-23)32-10-15-2-4-16(5-3-15)19-12-34-25-22(19)24(31)35-13-36-25/h2-8,11-14H,10H2,1H3,(H,32,33)(H,37,39)(H3,31,34,35,36). The van der Waals surface area contributed by atoms with Crippen molar-refractivity contribution in [2.45, 2.75) is 19.5 Å². The van der Waals surface area contributed by atoms with Crippen LogP contribution in [0.2, 0.25) is 0 Å². The SMILES string of the molecule is CC(NC(=O)c1nc(C#N)cnc1NCc1ccc(-c2c[nH]c3ncnc(N)c23)cc1)c1ccc(F)c(F)c1. The van der Waals surface area contributed by atoms with E-state index in [4.69, 9.17) is 5.73 Å². The second kappa shape index (κ2) is 10.5.